The highest BCUT2D eigenvalue weighted by Crippen LogP contribution is 2.38. The van der Waals surface area contributed by atoms with E-state index in [1.54, 1.807) is 36.4 Å². The van der Waals surface area contributed by atoms with Gasteiger partial charge >= 0.3 is 6.18 Å². The lowest BCUT2D eigenvalue weighted by molar-refractivity contribution is -0.138. The van der Waals surface area contributed by atoms with Crippen LogP contribution in [0.15, 0.2) is 41.8 Å². The summed E-state index contributed by atoms with van der Waals surface area (Å²) in [5.41, 5.74) is -0.228. The Labute approximate surface area is 123 Å². The van der Waals surface area contributed by atoms with E-state index >= 15 is 0 Å². The SMILES string of the molecule is N#CC(C(=O)Cc1ccccc1)c1sccc1C(F)(F)F. The number of halogens is 3. The Bertz CT molecular complexity index is 670. The summed E-state index contributed by atoms with van der Waals surface area (Å²) >= 11 is 0.785. The molecule has 0 fully saturated rings. The van der Waals surface area contributed by atoms with Crippen LogP contribution in [0.5, 0.6) is 0 Å². The van der Waals surface area contributed by atoms with Crippen molar-refractivity contribution >= 4 is 17.1 Å². The third kappa shape index (κ3) is 3.50. The van der Waals surface area contributed by atoms with Gasteiger partial charge in [0.15, 0.2) is 5.78 Å². The van der Waals surface area contributed by atoms with Crippen LogP contribution < -0.4 is 0 Å². The molecular formula is C15H10F3NOS. The largest absolute Gasteiger partial charge is 0.417 e. The predicted octanol–water partition coefficient (Wildman–Crippen LogP) is 4.19. The smallest absolute Gasteiger partial charge is 0.297 e. The summed E-state index contributed by atoms with van der Waals surface area (Å²) in [6, 6.07) is 11.2. The van der Waals surface area contributed by atoms with E-state index in [2.05, 4.69) is 0 Å². The molecule has 0 spiro atoms. The van der Waals surface area contributed by atoms with Crippen molar-refractivity contribution in [2.24, 2.45) is 0 Å². The number of rotatable bonds is 4. The molecule has 0 aliphatic rings. The molecule has 0 saturated carbocycles. The quantitative estimate of drug-likeness (QED) is 0.850. The maximum absolute atomic E-state index is 12.9. The van der Waals surface area contributed by atoms with Crippen LogP contribution in [-0.4, -0.2) is 5.78 Å². The van der Waals surface area contributed by atoms with E-state index < -0.39 is 23.4 Å². The second-order valence-corrected chi connectivity index (χ2v) is 5.33. The first-order chi connectivity index (χ1) is 9.93. The zero-order valence-electron chi connectivity index (χ0n) is 10.7. The standard InChI is InChI=1S/C15H10F3NOS/c16-15(17,18)12-6-7-21-14(12)11(9-19)13(20)8-10-4-2-1-3-5-10/h1-7,11H,8H2. The van der Waals surface area contributed by atoms with Crippen molar-refractivity contribution < 1.29 is 18.0 Å². The summed E-state index contributed by atoms with van der Waals surface area (Å²) in [4.78, 5) is 11.9. The van der Waals surface area contributed by atoms with Gasteiger partial charge in [0.05, 0.1) is 11.6 Å². The van der Waals surface area contributed by atoms with Crippen molar-refractivity contribution in [1.82, 2.24) is 0 Å². The molecule has 1 aromatic carbocycles. The van der Waals surface area contributed by atoms with Gasteiger partial charge in [-0.15, -0.1) is 11.3 Å². The fraction of sp³-hybridized carbons (Fsp3) is 0.200. The van der Waals surface area contributed by atoms with Crippen LogP contribution >= 0.6 is 11.3 Å². The molecular weight excluding hydrogens is 299 g/mol. The highest BCUT2D eigenvalue weighted by molar-refractivity contribution is 7.10. The van der Waals surface area contributed by atoms with Crippen LogP contribution in [0.4, 0.5) is 13.2 Å². The van der Waals surface area contributed by atoms with E-state index in [4.69, 9.17) is 5.26 Å². The lowest BCUT2D eigenvalue weighted by Crippen LogP contribution is -2.16. The molecule has 2 nitrogen and oxygen atoms in total. The third-order valence-electron chi connectivity index (χ3n) is 2.94. The normalized spacial score (nSPS) is 12.7. The fourth-order valence-electron chi connectivity index (χ4n) is 1.95. The minimum Gasteiger partial charge on any atom is -0.297 e. The number of benzene rings is 1. The van der Waals surface area contributed by atoms with E-state index in [-0.39, 0.29) is 11.3 Å². The van der Waals surface area contributed by atoms with Gasteiger partial charge in [0, 0.05) is 11.3 Å². The highest BCUT2D eigenvalue weighted by Gasteiger charge is 2.38. The number of hydrogen-bond acceptors (Lipinski definition) is 3. The highest BCUT2D eigenvalue weighted by atomic mass is 32.1. The monoisotopic (exact) mass is 309 g/mol. The van der Waals surface area contributed by atoms with Crippen molar-refractivity contribution in [3.8, 4) is 6.07 Å². The predicted molar refractivity (Wildman–Crippen MR) is 72.8 cm³/mol. The first-order valence-electron chi connectivity index (χ1n) is 6.04. The Hall–Kier alpha value is -2.13. The molecule has 1 atom stereocenters. The maximum Gasteiger partial charge on any atom is 0.417 e. The molecule has 2 aromatic rings. The van der Waals surface area contributed by atoms with Crippen LogP contribution in [-0.2, 0) is 17.4 Å². The molecule has 1 unspecified atom stereocenters. The molecule has 6 heteroatoms. The molecule has 0 saturated heterocycles. The molecule has 0 aliphatic carbocycles. The summed E-state index contributed by atoms with van der Waals surface area (Å²) in [6.45, 7) is 0. The average molecular weight is 309 g/mol. The van der Waals surface area contributed by atoms with Crippen LogP contribution in [0.2, 0.25) is 0 Å². The number of alkyl halides is 3. The number of Topliss-reactive ketones (excluding diaryl/α,β-unsaturated/α-hetero) is 1. The number of thiophene rings is 1. The zero-order chi connectivity index (χ0) is 15.5. The van der Waals surface area contributed by atoms with E-state index in [0.29, 0.717) is 5.56 Å². The third-order valence-corrected chi connectivity index (χ3v) is 3.92. The van der Waals surface area contributed by atoms with Gasteiger partial charge in [0.25, 0.3) is 0 Å². The van der Waals surface area contributed by atoms with E-state index in [9.17, 15) is 18.0 Å². The van der Waals surface area contributed by atoms with Crippen LogP contribution in [0.3, 0.4) is 0 Å². The van der Waals surface area contributed by atoms with Gasteiger partial charge in [0.2, 0.25) is 0 Å². The van der Waals surface area contributed by atoms with Crippen molar-refractivity contribution in [3.63, 3.8) is 0 Å². The summed E-state index contributed by atoms with van der Waals surface area (Å²) in [7, 11) is 0. The molecule has 2 rings (SSSR count). The number of nitriles is 1. The zero-order valence-corrected chi connectivity index (χ0v) is 11.5. The number of hydrogen-bond donors (Lipinski definition) is 0. The lowest BCUT2D eigenvalue weighted by atomic mass is 9.95. The van der Waals surface area contributed by atoms with E-state index in [1.165, 1.54) is 5.38 Å². The Kier molecular flexibility index (Phi) is 4.43. The second-order valence-electron chi connectivity index (χ2n) is 4.39. The number of nitrogens with zero attached hydrogens (tertiary/aromatic N) is 1. The molecule has 0 bridgehead atoms. The summed E-state index contributed by atoms with van der Waals surface area (Å²) in [5.74, 6) is -1.92. The average Bonchev–Trinajstić information content (AvgIpc) is 2.90. The molecule has 1 aromatic heterocycles. The Morgan fingerprint density at radius 2 is 1.90 bits per heavy atom. The lowest BCUT2D eigenvalue weighted by Gasteiger charge is -2.11. The number of carbonyl (C=O) groups excluding carboxylic acids is 1. The summed E-state index contributed by atoms with van der Waals surface area (Å²) in [6.07, 6.45) is -4.62. The van der Waals surface area contributed by atoms with Crippen molar-refractivity contribution in [1.29, 1.82) is 5.26 Å². The van der Waals surface area contributed by atoms with Crippen molar-refractivity contribution in [2.75, 3.05) is 0 Å². The molecule has 1 heterocycles. The van der Waals surface area contributed by atoms with Crippen molar-refractivity contribution in [2.45, 2.75) is 18.5 Å². The van der Waals surface area contributed by atoms with Gasteiger partial charge in [-0.2, -0.15) is 18.4 Å². The fourth-order valence-corrected chi connectivity index (χ4v) is 2.94. The van der Waals surface area contributed by atoms with Crippen LogP contribution in [0.25, 0.3) is 0 Å². The number of ketones is 1. The Morgan fingerprint density at radius 3 is 2.48 bits per heavy atom. The summed E-state index contributed by atoms with van der Waals surface area (Å²) in [5, 5.41) is 10.4. The Balaban J connectivity index is 2.27. The minimum absolute atomic E-state index is 0.0612. The van der Waals surface area contributed by atoms with Gasteiger partial charge in [-0.3, -0.25) is 4.79 Å². The van der Waals surface area contributed by atoms with Gasteiger partial charge < -0.3 is 0 Å². The first-order valence-corrected chi connectivity index (χ1v) is 6.92. The van der Waals surface area contributed by atoms with Crippen LogP contribution in [0.1, 0.15) is 21.9 Å². The molecule has 0 aliphatic heterocycles. The van der Waals surface area contributed by atoms with Gasteiger partial charge in [-0.1, -0.05) is 30.3 Å². The van der Waals surface area contributed by atoms with Gasteiger partial charge in [-0.05, 0) is 17.0 Å². The molecule has 0 N–H and O–H groups in total. The van der Waals surface area contributed by atoms with E-state index in [0.717, 1.165) is 17.4 Å². The van der Waals surface area contributed by atoms with Gasteiger partial charge in [0.1, 0.15) is 5.92 Å². The molecule has 0 radical (unpaired) electrons. The topological polar surface area (TPSA) is 40.9 Å². The number of carbonyl (C=O) groups is 1. The first kappa shape index (κ1) is 15.3. The molecule has 108 valence electrons. The summed E-state index contributed by atoms with van der Waals surface area (Å²) < 4.78 is 38.6. The second kappa shape index (κ2) is 6.10. The van der Waals surface area contributed by atoms with Gasteiger partial charge in [-0.25, -0.2) is 0 Å². The minimum atomic E-state index is -4.56. The van der Waals surface area contributed by atoms with Crippen molar-refractivity contribution in [3.05, 3.63) is 57.8 Å². The molecule has 0 amide bonds. The molecule has 21 heavy (non-hydrogen) atoms. The Morgan fingerprint density at radius 1 is 1.24 bits per heavy atom. The van der Waals surface area contributed by atoms with E-state index in [1.807, 2.05) is 0 Å². The van der Waals surface area contributed by atoms with Crippen LogP contribution in [0, 0.1) is 11.3 Å². The maximum atomic E-state index is 12.9.